The van der Waals surface area contributed by atoms with Gasteiger partial charge in [-0.15, -0.1) is 0 Å². The van der Waals surface area contributed by atoms with Crippen molar-refractivity contribution in [3.05, 3.63) is 11.1 Å². The molecule has 102 valence electrons. The van der Waals surface area contributed by atoms with Gasteiger partial charge in [0.05, 0.1) is 5.41 Å². The number of rotatable bonds is 1. The minimum absolute atomic E-state index is 0.283. The minimum Gasteiger partial charge on any atom is -0.481 e. The number of hydrogen-bond donors (Lipinski definition) is 1. The van der Waals surface area contributed by atoms with Gasteiger partial charge in [0, 0.05) is 11.0 Å². The summed E-state index contributed by atoms with van der Waals surface area (Å²) in [5, 5.41) is 8.99. The van der Waals surface area contributed by atoms with E-state index in [1.54, 1.807) is 0 Å². The van der Waals surface area contributed by atoms with Gasteiger partial charge in [0.1, 0.15) is 5.92 Å². The first-order valence-corrected chi connectivity index (χ1v) is 5.24. The lowest BCUT2D eigenvalue weighted by atomic mass is 9.99. The Morgan fingerprint density at radius 1 is 1.22 bits per heavy atom. The van der Waals surface area contributed by atoms with E-state index in [2.05, 4.69) is 0 Å². The molecule has 2 fully saturated rings. The summed E-state index contributed by atoms with van der Waals surface area (Å²) in [7, 11) is 0. The van der Waals surface area contributed by atoms with Gasteiger partial charge in [-0.25, -0.2) is 8.78 Å². The predicted molar refractivity (Wildman–Crippen MR) is 51.0 cm³/mol. The lowest BCUT2D eigenvalue weighted by Gasteiger charge is -2.05. The number of aliphatic carboxylic acids is 1. The number of carboxylic acid groups (broad SMARTS) is 1. The fraction of sp³-hybridized carbons (Fsp3) is 0.727. The third-order valence-electron chi connectivity index (χ3n) is 4.26. The molecule has 0 aromatic carbocycles. The van der Waals surface area contributed by atoms with Crippen LogP contribution in [-0.4, -0.2) is 23.2 Å². The first kappa shape index (κ1) is 13.3. The Balaban J connectivity index is 2.52. The molecule has 0 amide bonds. The Hall–Kier alpha value is -1.14. The Kier molecular flexibility index (Phi) is 2.13. The summed E-state index contributed by atoms with van der Waals surface area (Å²) in [4.78, 5) is 11.0. The highest BCUT2D eigenvalue weighted by atomic mass is 19.4. The molecule has 2 rings (SSSR count). The van der Waals surface area contributed by atoms with E-state index < -0.39 is 40.4 Å². The summed E-state index contributed by atoms with van der Waals surface area (Å²) in [6, 6.07) is 0. The average molecular weight is 270 g/mol. The standard InChI is InChI=1S/C11H11F5O2/c1-8(2)5(9(8,3)7(17)18)4-6(10(4,12)13)11(14,15)16/h6H,1-3H3,(H,17,18). The molecule has 0 spiro atoms. The van der Waals surface area contributed by atoms with E-state index in [4.69, 9.17) is 5.11 Å². The van der Waals surface area contributed by atoms with Crippen LogP contribution in [0.25, 0.3) is 0 Å². The van der Waals surface area contributed by atoms with Crippen molar-refractivity contribution in [2.24, 2.45) is 16.7 Å². The van der Waals surface area contributed by atoms with Crippen LogP contribution in [0.1, 0.15) is 20.8 Å². The van der Waals surface area contributed by atoms with Gasteiger partial charge in [-0.3, -0.25) is 4.79 Å². The Bertz CT molecular complexity index is 474. The highest BCUT2D eigenvalue weighted by Gasteiger charge is 2.82. The number of allylic oxidation sites excluding steroid dienone is 1. The second-order valence-corrected chi connectivity index (χ2v) is 5.44. The van der Waals surface area contributed by atoms with E-state index >= 15 is 0 Å². The summed E-state index contributed by atoms with van der Waals surface area (Å²) in [6.45, 7) is 3.91. The van der Waals surface area contributed by atoms with E-state index in [0.29, 0.717) is 0 Å². The van der Waals surface area contributed by atoms with Crippen LogP contribution in [0.4, 0.5) is 22.0 Å². The highest BCUT2D eigenvalue weighted by Crippen LogP contribution is 2.77. The van der Waals surface area contributed by atoms with Crippen molar-refractivity contribution in [2.75, 3.05) is 0 Å². The van der Waals surface area contributed by atoms with Crippen molar-refractivity contribution in [1.82, 2.24) is 0 Å². The third-order valence-corrected chi connectivity index (χ3v) is 4.26. The molecule has 0 aromatic heterocycles. The van der Waals surface area contributed by atoms with Crippen LogP contribution in [0, 0.1) is 16.7 Å². The second kappa shape index (κ2) is 2.88. The van der Waals surface area contributed by atoms with Gasteiger partial charge in [0.2, 0.25) is 0 Å². The van der Waals surface area contributed by atoms with Crippen molar-refractivity contribution in [3.8, 4) is 0 Å². The molecule has 0 radical (unpaired) electrons. The SMILES string of the molecule is CC1(C)C(=C2C(C(F)(F)F)C2(F)F)C1(C)C(=O)O. The third kappa shape index (κ3) is 1.25. The smallest absolute Gasteiger partial charge is 0.401 e. The number of halogens is 5. The van der Waals surface area contributed by atoms with Crippen molar-refractivity contribution in [1.29, 1.82) is 0 Å². The van der Waals surface area contributed by atoms with Crippen LogP contribution in [0.3, 0.4) is 0 Å². The molecule has 2 aliphatic carbocycles. The maximum absolute atomic E-state index is 13.2. The molecule has 2 saturated carbocycles. The summed E-state index contributed by atoms with van der Waals surface area (Å²) >= 11 is 0. The van der Waals surface area contributed by atoms with Crippen molar-refractivity contribution < 1.29 is 31.9 Å². The Morgan fingerprint density at radius 2 is 1.67 bits per heavy atom. The summed E-state index contributed by atoms with van der Waals surface area (Å²) in [5.74, 6) is -8.16. The molecule has 0 saturated heterocycles. The van der Waals surface area contributed by atoms with Gasteiger partial charge < -0.3 is 5.11 Å². The van der Waals surface area contributed by atoms with Crippen LogP contribution < -0.4 is 0 Å². The highest BCUT2D eigenvalue weighted by molar-refractivity contribution is 5.89. The number of alkyl halides is 5. The number of carbonyl (C=O) groups is 1. The quantitative estimate of drug-likeness (QED) is 0.586. The molecule has 18 heavy (non-hydrogen) atoms. The van der Waals surface area contributed by atoms with Crippen molar-refractivity contribution in [2.45, 2.75) is 32.9 Å². The summed E-state index contributed by atoms with van der Waals surface area (Å²) in [6.07, 6.45) is -5.04. The minimum atomic E-state index is -5.04. The molecule has 1 N–H and O–H groups in total. The van der Waals surface area contributed by atoms with E-state index in [0.717, 1.165) is 0 Å². The van der Waals surface area contributed by atoms with E-state index in [9.17, 15) is 26.7 Å². The molecule has 0 heterocycles. The van der Waals surface area contributed by atoms with Crippen LogP contribution in [0.2, 0.25) is 0 Å². The fourth-order valence-corrected chi connectivity index (χ4v) is 2.78. The monoisotopic (exact) mass is 270 g/mol. The lowest BCUT2D eigenvalue weighted by molar-refractivity contribution is -0.166. The first-order chi connectivity index (χ1) is 7.80. The maximum atomic E-state index is 13.2. The zero-order valence-electron chi connectivity index (χ0n) is 9.82. The lowest BCUT2D eigenvalue weighted by Crippen LogP contribution is -2.16. The van der Waals surface area contributed by atoms with Gasteiger partial charge >= 0.3 is 12.1 Å². The van der Waals surface area contributed by atoms with Crippen molar-refractivity contribution >= 4 is 5.97 Å². The Morgan fingerprint density at radius 3 is 1.89 bits per heavy atom. The second-order valence-electron chi connectivity index (χ2n) is 5.44. The average Bonchev–Trinajstić information content (AvgIpc) is 2.81. The zero-order valence-corrected chi connectivity index (χ0v) is 9.82. The number of carboxylic acids is 1. The van der Waals surface area contributed by atoms with Gasteiger partial charge in [-0.2, -0.15) is 13.2 Å². The van der Waals surface area contributed by atoms with Crippen molar-refractivity contribution in [3.63, 3.8) is 0 Å². The molecule has 0 aliphatic heterocycles. The van der Waals surface area contributed by atoms with Crippen LogP contribution in [0.15, 0.2) is 11.1 Å². The van der Waals surface area contributed by atoms with E-state index in [1.807, 2.05) is 0 Å². The van der Waals surface area contributed by atoms with E-state index in [-0.39, 0.29) is 5.57 Å². The van der Waals surface area contributed by atoms with Gasteiger partial charge in [-0.05, 0) is 12.5 Å². The van der Waals surface area contributed by atoms with Gasteiger partial charge in [0.25, 0.3) is 5.92 Å². The molecular weight excluding hydrogens is 259 g/mol. The first-order valence-electron chi connectivity index (χ1n) is 5.24. The maximum Gasteiger partial charge on any atom is 0.401 e. The predicted octanol–water partition coefficient (Wildman–Crippen LogP) is 3.24. The van der Waals surface area contributed by atoms with Gasteiger partial charge in [0.15, 0.2) is 0 Å². The van der Waals surface area contributed by atoms with Crippen LogP contribution >= 0.6 is 0 Å². The normalized spacial score (nSPS) is 40.6. The molecule has 2 nitrogen and oxygen atoms in total. The zero-order chi connectivity index (χ0) is 14.3. The largest absolute Gasteiger partial charge is 0.481 e. The molecule has 2 atom stereocenters. The molecule has 2 unspecified atom stereocenters. The fourth-order valence-electron chi connectivity index (χ4n) is 2.78. The molecular formula is C11H11F5O2. The topological polar surface area (TPSA) is 37.3 Å². The van der Waals surface area contributed by atoms with E-state index in [1.165, 1.54) is 20.8 Å². The molecule has 0 bridgehead atoms. The van der Waals surface area contributed by atoms with Crippen LogP contribution in [0.5, 0.6) is 0 Å². The molecule has 2 aliphatic rings. The summed E-state index contributed by atoms with van der Waals surface area (Å²) < 4.78 is 63.7. The summed E-state index contributed by atoms with van der Waals surface area (Å²) in [5.41, 5.74) is -4.14. The van der Waals surface area contributed by atoms with Gasteiger partial charge in [-0.1, -0.05) is 13.8 Å². The number of hydrogen-bond acceptors (Lipinski definition) is 1. The molecule has 0 aromatic rings. The molecule has 7 heteroatoms. The Labute approximate surface area is 99.5 Å². The van der Waals surface area contributed by atoms with Crippen LogP contribution in [-0.2, 0) is 4.79 Å².